The molecule has 0 N–H and O–H groups in total. The van der Waals surface area contributed by atoms with Crippen LogP contribution >= 0.6 is 11.3 Å². The molecule has 2 heterocycles. The summed E-state index contributed by atoms with van der Waals surface area (Å²) in [6, 6.07) is 72.1. The number of thiophene rings is 1. The zero-order valence-corrected chi connectivity index (χ0v) is 30.6. The minimum absolute atomic E-state index is 0.909. The zero-order valence-electron chi connectivity index (χ0n) is 29.8. The number of fused-ring (bicyclic) bond motifs is 8. The summed E-state index contributed by atoms with van der Waals surface area (Å²) in [5, 5.41) is 7.53. The number of furan rings is 1. The third kappa shape index (κ3) is 5.40. The summed E-state index contributed by atoms with van der Waals surface area (Å²) < 4.78 is 9.07. The van der Waals surface area contributed by atoms with Crippen molar-refractivity contribution in [3.63, 3.8) is 0 Å². The van der Waals surface area contributed by atoms with Crippen molar-refractivity contribution in [2.75, 3.05) is 4.90 Å². The van der Waals surface area contributed by atoms with Gasteiger partial charge in [0.05, 0.1) is 0 Å². The molecule has 0 amide bonds. The number of para-hydroxylation sites is 2. The van der Waals surface area contributed by atoms with E-state index in [4.69, 9.17) is 4.42 Å². The smallest absolute Gasteiger partial charge is 0.143 e. The summed E-state index contributed by atoms with van der Waals surface area (Å²) in [4.78, 5) is 2.35. The molecule has 0 aliphatic heterocycles. The van der Waals surface area contributed by atoms with Crippen LogP contribution in [0.4, 0.5) is 17.1 Å². The quantitative estimate of drug-likeness (QED) is 0.170. The lowest BCUT2D eigenvalue weighted by Gasteiger charge is -2.26. The SMILES string of the molecule is c1ccc(-c2cccc(N(c3ccc(-c4ccc5c(ccc6sc7ccccc7c65)c4)cc3)c3ccc(-c4cccc5c4oc4ccccc45)cc3)c2)cc1. The van der Waals surface area contributed by atoms with Gasteiger partial charge in [0.1, 0.15) is 11.2 Å². The van der Waals surface area contributed by atoms with Gasteiger partial charge in [0.15, 0.2) is 0 Å². The van der Waals surface area contributed by atoms with Crippen LogP contribution in [0.25, 0.3) is 86.3 Å². The Morgan fingerprint density at radius 3 is 1.84 bits per heavy atom. The van der Waals surface area contributed by atoms with Gasteiger partial charge in [0.2, 0.25) is 0 Å². The van der Waals surface area contributed by atoms with Gasteiger partial charge >= 0.3 is 0 Å². The molecule has 0 spiro atoms. The minimum atomic E-state index is 0.909. The van der Waals surface area contributed by atoms with E-state index in [1.165, 1.54) is 53.2 Å². The summed E-state index contributed by atoms with van der Waals surface area (Å²) in [5.41, 5.74) is 12.1. The molecule has 0 saturated carbocycles. The molecule has 0 unspecified atom stereocenters. The highest BCUT2D eigenvalue weighted by atomic mass is 32.1. The first-order chi connectivity index (χ1) is 27.2. The molecule has 2 aromatic heterocycles. The van der Waals surface area contributed by atoms with Gasteiger partial charge in [-0.05, 0) is 99.3 Å². The maximum absolute atomic E-state index is 6.40. The van der Waals surface area contributed by atoms with E-state index in [1.54, 1.807) is 0 Å². The Morgan fingerprint density at radius 1 is 0.364 bits per heavy atom. The lowest BCUT2D eigenvalue weighted by molar-refractivity contribution is 0.670. The molecule has 0 saturated heterocycles. The van der Waals surface area contributed by atoms with Crippen molar-refractivity contribution in [3.05, 3.63) is 200 Å². The number of benzene rings is 9. The van der Waals surface area contributed by atoms with Crippen LogP contribution in [0.15, 0.2) is 205 Å². The maximum atomic E-state index is 6.40. The fourth-order valence-corrected chi connectivity index (χ4v) is 9.32. The van der Waals surface area contributed by atoms with E-state index >= 15 is 0 Å². The second kappa shape index (κ2) is 12.9. The van der Waals surface area contributed by atoms with Gasteiger partial charge in [-0.25, -0.2) is 0 Å². The van der Waals surface area contributed by atoms with E-state index in [-0.39, 0.29) is 0 Å². The van der Waals surface area contributed by atoms with Gasteiger partial charge in [0.25, 0.3) is 0 Å². The summed E-state index contributed by atoms with van der Waals surface area (Å²) in [6.45, 7) is 0. The van der Waals surface area contributed by atoms with Gasteiger partial charge in [-0.2, -0.15) is 0 Å². The summed E-state index contributed by atoms with van der Waals surface area (Å²) in [6.07, 6.45) is 0. The average Bonchev–Trinajstić information content (AvgIpc) is 3.84. The summed E-state index contributed by atoms with van der Waals surface area (Å²) in [5.74, 6) is 0. The topological polar surface area (TPSA) is 16.4 Å². The van der Waals surface area contributed by atoms with Gasteiger partial charge in [-0.15, -0.1) is 11.3 Å². The number of rotatable bonds is 6. The molecule has 2 nitrogen and oxygen atoms in total. The van der Waals surface area contributed by atoms with Crippen molar-refractivity contribution in [2.24, 2.45) is 0 Å². The van der Waals surface area contributed by atoms with Crippen molar-refractivity contribution >= 4 is 81.3 Å². The van der Waals surface area contributed by atoms with E-state index in [9.17, 15) is 0 Å². The highest BCUT2D eigenvalue weighted by molar-refractivity contribution is 7.26. The van der Waals surface area contributed by atoms with Crippen molar-refractivity contribution < 1.29 is 4.42 Å². The molecule has 0 aliphatic carbocycles. The van der Waals surface area contributed by atoms with E-state index in [0.717, 1.165) is 50.1 Å². The van der Waals surface area contributed by atoms with Crippen LogP contribution in [-0.4, -0.2) is 0 Å². The molecule has 0 aliphatic rings. The standard InChI is InChI=1S/C52H33NOS/c1-2-10-34(11-3-1)37-12-8-13-42(33-37)53(41-28-22-36(23-29-41)44-16-9-17-46-45-14-4-6-18-48(45)54-52(44)46)40-26-20-35(21-27-40)38-24-30-43-39(32-38)25-31-50-51(43)47-15-5-7-19-49(47)55-50/h1-33H. The lowest BCUT2D eigenvalue weighted by Crippen LogP contribution is -2.10. The number of hydrogen-bond acceptors (Lipinski definition) is 3. The van der Waals surface area contributed by atoms with Crippen LogP contribution in [0.3, 0.4) is 0 Å². The fourth-order valence-electron chi connectivity index (χ4n) is 8.20. The Balaban J connectivity index is 0.989. The Morgan fingerprint density at radius 2 is 1.00 bits per heavy atom. The highest BCUT2D eigenvalue weighted by Crippen LogP contribution is 2.42. The average molecular weight is 720 g/mol. The first-order valence-corrected chi connectivity index (χ1v) is 19.5. The van der Waals surface area contributed by atoms with Crippen LogP contribution in [-0.2, 0) is 0 Å². The second-order valence-electron chi connectivity index (χ2n) is 14.1. The summed E-state index contributed by atoms with van der Waals surface area (Å²) >= 11 is 1.87. The van der Waals surface area contributed by atoms with E-state index in [0.29, 0.717) is 0 Å². The van der Waals surface area contributed by atoms with Crippen LogP contribution in [0.5, 0.6) is 0 Å². The first-order valence-electron chi connectivity index (χ1n) is 18.7. The third-order valence-corrected chi connectivity index (χ3v) is 12.0. The zero-order chi connectivity index (χ0) is 36.3. The number of anilines is 3. The van der Waals surface area contributed by atoms with Gasteiger partial charge < -0.3 is 9.32 Å². The molecule has 0 fully saturated rings. The molecule has 0 atom stereocenters. The molecule has 11 rings (SSSR count). The van der Waals surface area contributed by atoms with Crippen molar-refractivity contribution in [2.45, 2.75) is 0 Å². The normalized spacial score (nSPS) is 11.6. The predicted molar refractivity (Wildman–Crippen MR) is 235 cm³/mol. The maximum Gasteiger partial charge on any atom is 0.143 e. The first kappa shape index (κ1) is 31.6. The minimum Gasteiger partial charge on any atom is -0.455 e. The van der Waals surface area contributed by atoms with E-state index < -0.39 is 0 Å². The van der Waals surface area contributed by atoms with E-state index in [2.05, 4.69) is 193 Å². The molecular weight excluding hydrogens is 687 g/mol. The van der Waals surface area contributed by atoms with Crippen LogP contribution in [0.1, 0.15) is 0 Å². The largest absolute Gasteiger partial charge is 0.455 e. The lowest BCUT2D eigenvalue weighted by atomic mass is 9.98. The molecule has 258 valence electrons. The molecule has 3 heteroatoms. The van der Waals surface area contributed by atoms with Crippen LogP contribution < -0.4 is 4.90 Å². The van der Waals surface area contributed by atoms with Crippen LogP contribution in [0, 0.1) is 0 Å². The van der Waals surface area contributed by atoms with Crippen molar-refractivity contribution in [3.8, 4) is 33.4 Å². The number of hydrogen-bond donors (Lipinski definition) is 0. The Labute approximate surface area is 322 Å². The van der Waals surface area contributed by atoms with Crippen molar-refractivity contribution in [1.29, 1.82) is 0 Å². The molecule has 0 radical (unpaired) electrons. The molecule has 55 heavy (non-hydrogen) atoms. The second-order valence-corrected chi connectivity index (χ2v) is 15.2. The predicted octanol–water partition coefficient (Wildman–Crippen LogP) is 15.6. The molecule has 11 aromatic rings. The van der Waals surface area contributed by atoms with Crippen LogP contribution in [0.2, 0.25) is 0 Å². The van der Waals surface area contributed by atoms with Crippen molar-refractivity contribution in [1.82, 2.24) is 0 Å². The Bertz CT molecular complexity index is 3190. The molecule has 0 bridgehead atoms. The third-order valence-electron chi connectivity index (χ3n) is 10.9. The highest BCUT2D eigenvalue weighted by Gasteiger charge is 2.17. The van der Waals surface area contributed by atoms with Gasteiger partial charge in [-0.3, -0.25) is 0 Å². The molecular formula is C52H33NOS. The molecule has 9 aromatic carbocycles. The van der Waals surface area contributed by atoms with E-state index in [1.807, 2.05) is 23.5 Å². The Hall–Kier alpha value is -6.94. The Kier molecular flexibility index (Phi) is 7.39. The monoisotopic (exact) mass is 719 g/mol. The number of nitrogens with zero attached hydrogens (tertiary/aromatic N) is 1. The van der Waals surface area contributed by atoms with Gasteiger partial charge in [-0.1, -0.05) is 140 Å². The van der Waals surface area contributed by atoms with Gasteiger partial charge in [0, 0.05) is 53.6 Å². The summed E-state index contributed by atoms with van der Waals surface area (Å²) in [7, 11) is 0. The fraction of sp³-hybridized carbons (Fsp3) is 0.